The second kappa shape index (κ2) is 6.34. The molecule has 1 N–H and O–H groups in total. The molecule has 0 bridgehead atoms. The van der Waals surface area contributed by atoms with Gasteiger partial charge < -0.3 is 19.3 Å². The Balaban J connectivity index is 1.98. The third-order valence-corrected chi connectivity index (χ3v) is 3.27. The molecule has 1 amide bonds. The number of amides is 1. The van der Waals surface area contributed by atoms with Gasteiger partial charge in [0.1, 0.15) is 16.9 Å². The van der Waals surface area contributed by atoms with Gasteiger partial charge >= 0.3 is 6.36 Å². The number of ether oxygens (including phenoxy) is 2. The topological polar surface area (TPSA) is 73.6 Å². The molecule has 0 saturated heterocycles. The highest BCUT2D eigenvalue weighted by Crippen LogP contribution is 2.35. The van der Waals surface area contributed by atoms with Gasteiger partial charge in [-0.15, -0.1) is 13.2 Å². The summed E-state index contributed by atoms with van der Waals surface area (Å²) in [6.07, 6.45) is -4.89. The lowest BCUT2D eigenvalue weighted by Gasteiger charge is -2.10. The van der Waals surface area contributed by atoms with Gasteiger partial charge in [-0.1, -0.05) is 23.4 Å². The number of rotatable bonds is 4. The number of fused-ring (bicyclic) bond motifs is 1. The molecule has 0 aliphatic rings. The number of hydrogen-bond acceptors (Lipinski definition) is 5. The van der Waals surface area contributed by atoms with Crippen LogP contribution in [0.15, 0.2) is 47.0 Å². The molecule has 3 rings (SSSR count). The lowest BCUT2D eigenvalue weighted by atomic mass is 10.2. The number of alkyl halides is 3. The van der Waals surface area contributed by atoms with E-state index in [2.05, 4.69) is 15.2 Å². The summed E-state index contributed by atoms with van der Waals surface area (Å²) in [5.41, 5.74) is 0.229. The van der Waals surface area contributed by atoms with Gasteiger partial charge in [-0.05, 0) is 24.3 Å². The number of para-hydroxylation sites is 1. The maximum atomic E-state index is 12.6. The van der Waals surface area contributed by atoms with Gasteiger partial charge in [-0.3, -0.25) is 4.79 Å². The third kappa shape index (κ3) is 3.49. The average molecular weight is 352 g/mol. The van der Waals surface area contributed by atoms with Crippen LogP contribution in [0.1, 0.15) is 10.4 Å². The van der Waals surface area contributed by atoms with E-state index >= 15 is 0 Å². The zero-order valence-electron chi connectivity index (χ0n) is 12.8. The predicted molar refractivity (Wildman–Crippen MR) is 81.6 cm³/mol. The first-order chi connectivity index (χ1) is 11.9. The second-order valence-corrected chi connectivity index (χ2v) is 4.86. The minimum atomic E-state index is -4.89. The number of methoxy groups -OCH3 is 1. The lowest BCUT2D eigenvalue weighted by Crippen LogP contribution is -2.18. The average Bonchev–Trinajstić information content (AvgIpc) is 2.97. The van der Waals surface area contributed by atoms with E-state index in [9.17, 15) is 18.0 Å². The van der Waals surface area contributed by atoms with Crippen LogP contribution >= 0.6 is 0 Å². The second-order valence-electron chi connectivity index (χ2n) is 4.86. The highest BCUT2D eigenvalue weighted by molar-refractivity contribution is 6.10. The van der Waals surface area contributed by atoms with Crippen molar-refractivity contribution in [3.63, 3.8) is 0 Å². The van der Waals surface area contributed by atoms with E-state index in [0.29, 0.717) is 5.75 Å². The van der Waals surface area contributed by atoms with Crippen LogP contribution in [-0.2, 0) is 0 Å². The van der Waals surface area contributed by atoms with Crippen LogP contribution in [0.25, 0.3) is 11.0 Å². The van der Waals surface area contributed by atoms with Crippen LogP contribution in [0.2, 0.25) is 0 Å². The summed E-state index contributed by atoms with van der Waals surface area (Å²) in [6.45, 7) is 0. The van der Waals surface area contributed by atoms with Gasteiger partial charge in [-0.25, -0.2) is 0 Å². The molecular weight excluding hydrogens is 341 g/mol. The Morgan fingerprint density at radius 2 is 1.84 bits per heavy atom. The highest BCUT2D eigenvalue weighted by atomic mass is 19.4. The lowest BCUT2D eigenvalue weighted by molar-refractivity contribution is -0.274. The number of benzene rings is 2. The van der Waals surface area contributed by atoms with Crippen LogP contribution < -0.4 is 14.8 Å². The van der Waals surface area contributed by atoms with Crippen molar-refractivity contribution in [3.05, 3.63) is 48.0 Å². The van der Waals surface area contributed by atoms with Crippen molar-refractivity contribution in [2.45, 2.75) is 6.36 Å². The van der Waals surface area contributed by atoms with Crippen molar-refractivity contribution >= 4 is 22.7 Å². The van der Waals surface area contributed by atoms with E-state index in [1.54, 1.807) is 18.2 Å². The fraction of sp³-hybridized carbons (Fsp3) is 0.125. The molecule has 130 valence electrons. The van der Waals surface area contributed by atoms with Gasteiger partial charge in [0, 0.05) is 0 Å². The van der Waals surface area contributed by atoms with Crippen LogP contribution in [0.3, 0.4) is 0 Å². The maximum absolute atomic E-state index is 12.6. The Labute approximate surface area is 139 Å². The van der Waals surface area contributed by atoms with Gasteiger partial charge in [-0.2, -0.15) is 0 Å². The Bertz CT molecular complexity index is 921. The van der Waals surface area contributed by atoms with E-state index in [1.165, 1.54) is 25.3 Å². The van der Waals surface area contributed by atoms with Gasteiger partial charge in [0.05, 0.1) is 12.7 Å². The number of hydrogen-bond donors (Lipinski definition) is 1. The summed E-state index contributed by atoms with van der Waals surface area (Å²) in [7, 11) is 1.40. The number of carbonyl (C=O) groups excluding carboxylic acids is 1. The summed E-state index contributed by atoms with van der Waals surface area (Å²) in [6, 6.07) is 10.2. The van der Waals surface area contributed by atoms with Crippen molar-refractivity contribution in [1.29, 1.82) is 0 Å². The molecule has 0 atom stereocenters. The predicted octanol–water partition coefficient (Wildman–Crippen LogP) is 3.99. The summed E-state index contributed by atoms with van der Waals surface area (Å²) in [5, 5.41) is 5.93. The van der Waals surface area contributed by atoms with Crippen LogP contribution in [0.4, 0.5) is 19.0 Å². The number of nitrogens with one attached hydrogen (secondary N) is 1. The first kappa shape index (κ1) is 16.6. The molecular formula is C16H11F3N2O4. The zero-order chi connectivity index (χ0) is 18.0. The number of carbonyl (C=O) groups is 1. The molecule has 2 aromatic carbocycles. The highest BCUT2D eigenvalue weighted by Gasteiger charge is 2.33. The third-order valence-electron chi connectivity index (χ3n) is 3.27. The standard InChI is InChI=1S/C16H11F3N2O4/c1-23-10-6-3-2-5-9(10)15(22)20-14-13-11(24-16(17,18)19)7-4-8-12(13)25-21-14/h2-8H,1H3,(H,20,21,22). The smallest absolute Gasteiger partial charge is 0.496 e. The van der Waals surface area contributed by atoms with Gasteiger partial charge in [0.2, 0.25) is 0 Å². The molecule has 0 spiro atoms. The number of halogens is 3. The van der Waals surface area contributed by atoms with E-state index < -0.39 is 18.0 Å². The minimum absolute atomic E-state index is 0.0390. The minimum Gasteiger partial charge on any atom is -0.496 e. The monoisotopic (exact) mass is 352 g/mol. The molecule has 0 radical (unpaired) electrons. The molecule has 1 heterocycles. The number of nitrogens with zero attached hydrogens (tertiary/aromatic N) is 1. The number of aromatic nitrogens is 1. The van der Waals surface area contributed by atoms with Gasteiger partial charge in [0.15, 0.2) is 11.4 Å². The molecule has 0 aliphatic carbocycles. The first-order valence-electron chi connectivity index (χ1n) is 6.97. The van der Waals surface area contributed by atoms with Crippen LogP contribution in [-0.4, -0.2) is 24.5 Å². The van der Waals surface area contributed by atoms with Crippen molar-refractivity contribution in [2.24, 2.45) is 0 Å². The largest absolute Gasteiger partial charge is 0.573 e. The summed E-state index contributed by atoms with van der Waals surface area (Å²) in [5.74, 6) is -1.03. The van der Waals surface area contributed by atoms with Crippen molar-refractivity contribution < 1.29 is 32.0 Å². The SMILES string of the molecule is COc1ccccc1C(=O)Nc1noc2cccc(OC(F)(F)F)c12. The molecule has 1 aromatic heterocycles. The Morgan fingerprint density at radius 1 is 1.12 bits per heavy atom. The molecule has 0 aliphatic heterocycles. The fourth-order valence-electron chi connectivity index (χ4n) is 2.26. The van der Waals surface area contributed by atoms with E-state index in [1.807, 2.05) is 0 Å². The van der Waals surface area contributed by atoms with Crippen molar-refractivity contribution in [2.75, 3.05) is 12.4 Å². The molecule has 3 aromatic rings. The van der Waals surface area contributed by atoms with Crippen molar-refractivity contribution in [1.82, 2.24) is 5.16 Å². The van der Waals surface area contributed by atoms with E-state index in [0.717, 1.165) is 6.07 Å². The Hall–Kier alpha value is -3.23. The quantitative estimate of drug-likeness (QED) is 0.769. The molecule has 0 unspecified atom stereocenters. The molecule has 0 saturated carbocycles. The number of anilines is 1. The summed E-state index contributed by atoms with van der Waals surface area (Å²) in [4.78, 5) is 12.4. The molecule has 0 fully saturated rings. The molecule has 9 heteroatoms. The van der Waals surface area contributed by atoms with Crippen molar-refractivity contribution in [3.8, 4) is 11.5 Å². The normalized spacial score (nSPS) is 11.4. The Morgan fingerprint density at radius 3 is 2.56 bits per heavy atom. The van der Waals surface area contributed by atoms with Gasteiger partial charge in [0.25, 0.3) is 5.91 Å². The molecule has 6 nitrogen and oxygen atoms in total. The first-order valence-corrected chi connectivity index (χ1v) is 6.97. The van der Waals surface area contributed by atoms with E-state index in [4.69, 9.17) is 9.26 Å². The van der Waals surface area contributed by atoms with Crippen LogP contribution in [0.5, 0.6) is 11.5 Å². The van der Waals surface area contributed by atoms with Crippen LogP contribution in [0, 0.1) is 0 Å². The van der Waals surface area contributed by atoms with E-state index in [-0.39, 0.29) is 22.4 Å². The summed E-state index contributed by atoms with van der Waals surface area (Å²) < 4.78 is 51.7. The molecule has 25 heavy (non-hydrogen) atoms. The zero-order valence-corrected chi connectivity index (χ0v) is 12.8. The Kier molecular flexibility index (Phi) is 4.22. The maximum Gasteiger partial charge on any atom is 0.573 e. The summed E-state index contributed by atoms with van der Waals surface area (Å²) >= 11 is 0. The fourth-order valence-corrected chi connectivity index (χ4v) is 2.26.